The van der Waals surface area contributed by atoms with Crippen LogP contribution < -0.4 is 0 Å². The van der Waals surface area contributed by atoms with Gasteiger partial charge in [0.25, 0.3) is 0 Å². The van der Waals surface area contributed by atoms with E-state index in [-0.39, 0.29) is 31.1 Å². The Morgan fingerprint density at radius 1 is 0.355 bits per heavy atom. The van der Waals surface area contributed by atoms with Crippen LogP contribution >= 0.6 is 0 Å². The Morgan fingerprint density at radius 3 is 1.18 bits per heavy atom. The lowest BCUT2D eigenvalue weighted by Gasteiger charge is -2.18. The third-order valence-corrected chi connectivity index (χ3v) is 10.7. The predicted octanol–water partition coefficient (Wildman–Crippen LogP) is 16.8. The van der Waals surface area contributed by atoms with Crippen molar-refractivity contribution >= 4 is 17.9 Å². The summed E-state index contributed by atoms with van der Waals surface area (Å²) in [5.74, 6) is -0.938. The average Bonchev–Trinajstić information content (AvgIpc) is 3.27. The zero-order valence-electron chi connectivity index (χ0n) is 40.4. The van der Waals surface area contributed by atoms with Gasteiger partial charge in [-0.05, 0) is 89.9 Å². The molecule has 0 aliphatic rings. The van der Waals surface area contributed by atoms with Gasteiger partial charge in [0.1, 0.15) is 13.2 Å². The number of carbonyl (C=O) groups excluding carboxylic acids is 3. The molecule has 0 saturated carbocycles. The van der Waals surface area contributed by atoms with Crippen molar-refractivity contribution in [2.75, 3.05) is 13.2 Å². The van der Waals surface area contributed by atoms with Gasteiger partial charge in [0.05, 0.1) is 0 Å². The lowest BCUT2D eigenvalue weighted by Crippen LogP contribution is -2.30. The molecule has 0 aliphatic carbocycles. The minimum absolute atomic E-state index is 0.0938. The van der Waals surface area contributed by atoms with E-state index in [9.17, 15) is 14.4 Å². The van der Waals surface area contributed by atoms with E-state index in [0.29, 0.717) is 19.3 Å². The normalized spacial score (nSPS) is 12.8. The van der Waals surface area contributed by atoms with Crippen LogP contribution in [-0.4, -0.2) is 37.2 Å². The van der Waals surface area contributed by atoms with Crippen molar-refractivity contribution in [3.8, 4) is 0 Å². The first-order valence-corrected chi connectivity index (χ1v) is 25.6. The SMILES string of the molecule is CC\C=C/C=C\C=C/C=C\CCCCCCCC(=O)OC(COC(=O)CCCCCCC/C=C\C/C=C\CC)COC(=O)CCCCCCCCC/C=C\CCCCCCCC. The molecule has 0 fully saturated rings. The number of unbranched alkanes of at least 4 members (excludes halogenated alkanes) is 23. The Bertz CT molecular complexity index is 1220. The summed E-state index contributed by atoms with van der Waals surface area (Å²) in [6, 6.07) is 0. The fourth-order valence-electron chi connectivity index (χ4n) is 6.90. The minimum atomic E-state index is -0.796. The topological polar surface area (TPSA) is 78.9 Å². The molecule has 0 aromatic heterocycles. The Morgan fingerprint density at radius 2 is 0.710 bits per heavy atom. The van der Waals surface area contributed by atoms with E-state index in [1.165, 1.54) is 77.0 Å². The van der Waals surface area contributed by atoms with Crippen molar-refractivity contribution in [3.05, 3.63) is 85.1 Å². The second kappa shape index (κ2) is 50.2. The number of carbonyl (C=O) groups is 3. The number of rotatable bonds is 45. The van der Waals surface area contributed by atoms with E-state index in [2.05, 4.69) is 87.6 Å². The molecule has 0 radical (unpaired) electrons. The first-order chi connectivity index (χ1) is 30.5. The summed E-state index contributed by atoms with van der Waals surface area (Å²) in [4.78, 5) is 38.0. The maximum absolute atomic E-state index is 12.8. The van der Waals surface area contributed by atoms with Crippen LogP contribution in [0.1, 0.15) is 233 Å². The van der Waals surface area contributed by atoms with Crippen molar-refractivity contribution in [1.82, 2.24) is 0 Å². The van der Waals surface area contributed by atoms with Crippen LogP contribution in [0.5, 0.6) is 0 Å². The third-order valence-electron chi connectivity index (χ3n) is 10.7. The van der Waals surface area contributed by atoms with Gasteiger partial charge in [-0.2, -0.15) is 0 Å². The average molecular weight is 863 g/mol. The highest BCUT2D eigenvalue weighted by atomic mass is 16.6. The van der Waals surface area contributed by atoms with Crippen LogP contribution in [0.2, 0.25) is 0 Å². The first kappa shape index (κ1) is 58.6. The fraction of sp³-hybridized carbons (Fsp3) is 0.696. The van der Waals surface area contributed by atoms with Gasteiger partial charge in [-0.15, -0.1) is 0 Å². The van der Waals surface area contributed by atoms with Gasteiger partial charge < -0.3 is 14.2 Å². The summed E-state index contributed by atoms with van der Waals surface area (Å²) in [7, 11) is 0. The predicted molar refractivity (Wildman–Crippen MR) is 265 cm³/mol. The van der Waals surface area contributed by atoms with Gasteiger partial charge in [-0.3, -0.25) is 14.4 Å². The molecule has 0 aromatic carbocycles. The summed E-state index contributed by atoms with van der Waals surface area (Å²) in [6.07, 6.45) is 64.2. The summed E-state index contributed by atoms with van der Waals surface area (Å²) < 4.78 is 16.8. The number of hydrogen-bond acceptors (Lipinski definition) is 6. The van der Waals surface area contributed by atoms with E-state index in [1.54, 1.807) is 0 Å². The molecule has 1 unspecified atom stereocenters. The summed E-state index contributed by atoms with van der Waals surface area (Å²) in [5, 5.41) is 0. The van der Waals surface area contributed by atoms with Crippen molar-refractivity contribution in [3.63, 3.8) is 0 Å². The third kappa shape index (κ3) is 47.6. The molecule has 0 N–H and O–H groups in total. The van der Waals surface area contributed by atoms with Crippen LogP contribution in [0.25, 0.3) is 0 Å². The van der Waals surface area contributed by atoms with E-state index < -0.39 is 6.10 Å². The highest BCUT2D eigenvalue weighted by Crippen LogP contribution is 2.14. The Balaban J connectivity index is 4.43. The number of allylic oxidation sites excluding steroid dienone is 14. The molecule has 0 aromatic rings. The zero-order chi connectivity index (χ0) is 45.1. The highest BCUT2D eigenvalue weighted by Gasteiger charge is 2.19. The molecule has 0 aliphatic heterocycles. The van der Waals surface area contributed by atoms with Gasteiger partial charge in [-0.1, -0.05) is 209 Å². The first-order valence-electron chi connectivity index (χ1n) is 25.6. The summed E-state index contributed by atoms with van der Waals surface area (Å²) in [6.45, 7) is 6.35. The van der Waals surface area contributed by atoms with Crippen molar-refractivity contribution in [2.24, 2.45) is 0 Å². The van der Waals surface area contributed by atoms with Crippen LogP contribution in [0, 0.1) is 0 Å². The quantitative estimate of drug-likeness (QED) is 0.0199. The molecule has 354 valence electrons. The van der Waals surface area contributed by atoms with Crippen LogP contribution in [-0.2, 0) is 28.6 Å². The highest BCUT2D eigenvalue weighted by molar-refractivity contribution is 5.71. The maximum Gasteiger partial charge on any atom is 0.306 e. The number of hydrogen-bond donors (Lipinski definition) is 0. The molecular weight excluding hydrogens is 769 g/mol. The molecule has 6 nitrogen and oxygen atoms in total. The molecule has 0 heterocycles. The van der Waals surface area contributed by atoms with Gasteiger partial charge in [0.2, 0.25) is 0 Å². The monoisotopic (exact) mass is 863 g/mol. The van der Waals surface area contributed by atoms with Crippen LogP contribution in [0.15, 0.2) is 85.1 Å². The van der Waals surface area contributed by atoms with E-state index in [0.717, 1.165) is 116 Å². The van der Waals surface area contributed by atoms with E-state index >= 15 is 0 Å². The lowest BCUT2D eigenvalue weighted by molar-refractivity contribution is -0.167. The number of esters is 3. The zero-order valence-corrected chi connectivity index (χ0v) is 40.4. The van der Waals surface area contributed by atoms with Gasteiger partial charge >= 0.3 is 17.9 Å². The molecule has 0 spiro atoms. The molecule has 62 heavy (non-hydrogen) atoms. The Labute approximate surface area is 382 Å². The molecule has 0 amide bonds. The van der Waals surface area contributed by atoms with Crippen molar-refractivity contribution in [1.29, 1.82) is 0 Å². The lowest BCUT2D eigenvalue weighted by atomic mass is 10.1. The van der Waals surface area contributed by atoms with E-state index in [1.807, 2.05) is 18.2 Å². The van der Waals surface area contributed by atoms with Crippen molar-refractivity contribution in [2.45, 2.75) is 239 Å². The fourth-order valence-corrected chi connectivity index (χ4v) is 6.90. The molecular formula is C56H94O6. The molecule has 1 atom stereocenters. The molecule has 6 heteroatoms. The smallest absolute Gasteiger partial charge is 0.306 e. The van der Waals surface area contributed by atoms with E-state index in [4.69, 9.17) is 14.2 Å². The largest absolute Gasteiger partial charge is 0.462 e. The second-order valence-corrected chi connectivity index (χ2v) is 16.8. The van der Waals surface area contributed by atoms with Gasteiger partial charge in [0, 0.05) is 19.3 Å². The van der Waals surface area contributed by atoms with Crippen molar-refractivity contribution < 1.29 is 28.6 Å². The number of ether oxygens (including phenoxy) is 3. The molecule has 0 rings (SSSR count). The molecule has 0 bridgehead atoms. The Kier molecular flexibility index (Phi) is 47.5. The van der Waals surface area contributed by atoms with Crippen LogP contribution in [0.4, 0.5) is 0 Å². The van der Waals surface area contributed by atoms with Gasteiger partial charge in [0.15, 0.2) is 6.10 Å². The maximum atomic E-state index is 12.8. The Hall–Kier alpha value is -3.41. The standard InChI is InChI=1S/C56H94O6/c1-4-7-10-13-16-19-22-25-27-28-30-31-34-37-40-43-46-49-55(58)61-52-53(51-60-54(57)48-45-42-39-36-33-24-21-18-15-12-9-6-3)62-56(59)50-47-44-41-38-35-32-29-26-23-20-17-14-11-8-5-2/h8-9,11-12,14,17-18,20-21,23,25-27,29,53H,4-7,10,13,15-16,19,22,24,28,30-52H2,1-3H3/b11-8-,12-9-,17-14-,21-18-,23-20-,27-25-,29-26-. The summed E-state index contributed by atoms with van der Waals surface area (Å²) in [5.41, 5.74) is 0. The van der Waals surface area contributed by atoms with Gasteiger partial charge in [-0.25, -0.2) is 0 Å². The molecule has 0 saturated heterocycles. The van der Waals surface area contributed by atoms with Crippen LogP contribution in [0.3, 0.4) is 0 Å². The second-order valence-electron chi connectivity index (χ2n) is 16.8. The minimum Gasteiger partial charge on any atom is -0.462 e. The summed E-state index contributed by atoms with van der Waals surface area (Å²) >= 11 is 0.